The molecule has 0 amide bonds. The van der Waals surface area contributed by atoms with Crippen LogP contribution in [-0.4, -0.2) is 20.4 Å². The standard InChI is InChI=1S/C30H26N4O4/c31-21-11-15(1-7-25(21)35)19-5-6-20(16-2-8-26(36)22(32)12-16)30(18-4-10-28(38)24(34)14-18)29(19)17-3-9-27(37)23(33)13-17/h1-14,35-38H,31-34H2. The van der Waals surface area contributed by atoms with Gasteiger partial charge in [-0.05, 0) is 93.0 Å². The summed E-state index contributed by atoms with van der Waals surface area (Å²) in [5.74, 6) is -0.178. The number of rotatable bonds is 4. The van der Waals surface area contributed by atoms with E-state index in [-0.39, 0.29) is 45.7 Å². The van der Waals surface area contributed by atoms with Crippen LogP contribution in [-0.2, 0) is 0 Å². The molecule has 0 aliphatic heterocycles. The monoisotopic (exact) mass is 506 g/mol. The van der Waals surface area contributed by atoms with Crippen LogP contribution in [0.1, 0.15) is 0 Å². The van der Waals surface area contributed by atoms with Crippen LogP contribution < -0.4 is 22.9 Å². The predicted molar refractivity (Wildman–Crippen MR) is 152 cm³/mol. The normalized spacial score (nSPS) is 10.9. The molecule has 0 aliphatic rings. The molecule has 0 saturated carbocycles. The van der Waals surface area contributed by atoms with Crippen LogP contribution in [0.2, 0.25) is 0 Å². The maximum absolute atomic E-state index is 10.1. The third-order valence-corrected chi connectivity index (χ3v) is 6.51. The smallest absolute Gasteiger partial charge is 0.138 e. The second kappa shape index (κ2) is 9.18. The average Bonchev–Trinajstić information content (AvgIpc) is 2.90. The van der Waals surface area contributed by atoms with Crippen molar-refractivity contribution in [3.8, 4) is 67.5 Å². The minimum Gasteiger partial charge on any atom is -0.506 e. The minimum absolute atomic E-state index is 0.0353. The number of nitrogen functional groups attached to an aromatic ring is 4. The number of aromatic hydroxyl groups is 4. The molecule has 0 radical (unpaired) electrons. The quantitative estimate of drug-likeness (QED) is 0.116. The summed E-state index contributed by atoms with van der Waals surface area (Å²) in [6, 6.07) is 23.6. The Labute approximate surface area is 218 Å². The van der Waals surface area contributed by atoms with Crippen LogP contribution in [0.4, 0.5) is 22.7 Å². The number of nitrogens with two attached hydrogens (primary N) is 4. The zero-order valence-corrected chi connectivity index (χ0v) is 20.2. The summed E-state index contributed by atoms with van der Waals surface area (Å²) in [6.07, 6.45) is 0. The fourth-order valence-corrected chi connectivity index (χ4v) is 4.55. The molecule has 5 aromatic rings. The highest BCUT2D eigenvalue weighted by Crippen LogP contribution is 2.48. The van der Waals surface area contributed by atoms with Gasteiger partial charge >= 0.3 is 0 Å². The molecule has 190 valence electrons. The van der Waals surface area contributed by atoms with E-state index in [1.54, 1.807) is 48.5 Å². The van der Waals surface area contributed by atoms with Crippen LogP contribution in [0.25, 0.3) is 44.5 Å². The molecule has 12 N–H and O–H groups in total. The van der Waals surface area contributed by atoms with Gasteiger partial charge in [-0.1, -0.05) is 36.4 Å². The van der Waals surface area contributed by atoms with Gasteiger partial charge in [0.1, 0.15) is 23.0 Å². The van der Waals surface area contributed by atoms with Crippen LogP contribution in [0.5, 0.6) is 23.0 Å². The summed E-state index contributed by atoms with van der Waals surface area (Å²) in [7, 11) is 0. The van der Waals surface area contributed by atoms with Gasteiger partial charge in [0, 0.05) is 0 Å². The van der Waals surface area contributed by atoms with Crippen molar-refractivity contribution in [1.29, 1.82) is 0 Å². The molecule has 0 spiro atoms. The van der Waals surface area contributed by atoms with Crippen LogP contribution in [0.3, 0.4) is 0 Å². The molecule has 8 nitrogen and oxygen atoms in total. The average molecular weight is 507 g/mol. The molecule has 0 aliphatic carbocycles. The zero-order valence-electron chi connectivity index (χ0n) is 20.2. The molecule has 0 fully saturated rings. The number of hydrogen-bond acceptors (Lipinski definition) is 8. The summed E-state index contributed by atoms with van der Waals surface area (Å²) in [4.78, 5) is 0. The fourth-order valence-electron chi connectivity index (χ4n) is 4.55. The maximum atomic E-state index is 10.1. The van der Waals surface area contributed by atoms with Crippen molar-refractivity contribution in [2.75, 3.05) is 22.9 Å². The third kappa shape index (κ3) is 4.20. The SMILES string of the molecule is Nc1cc(-c2ccc(-c3ccc(O)c(N)c3)c(-c3ccc(O)c(N)c3)c2-c2ccc(O)c(N)c2)ccc1O. The first-order valence-electron chi connectivity index (χ1n) is 11.7. The molecular weight excluding hydrogens is 480 g/mol. The summed E-state index contributed by atoms with van der Waals surface area (Å²) < 4.78 is 0. The van der Waals surface area contributed by atoms with E-state index in [9.17, 15) is 20.4 Å². The van der Waals surface area contributed by atoms with Gasteiger partial charge in [-0.3, -0.25) is 0 Å². The van der Waals surface area contributed by atoms with Crippen LogP contribution >= 0.6 is 0 Å². The Morgan fingerprint density at radius 2 is 0.605 bits per heavy atom. The largest absolute Gasteiger partial charge is 0.506 e. The van der Waals surface area contributed by atoms with Gasteiger partial charge in [-0.25, -0.2) is 0 Å². The first-order chi connectivity index (χ1) is 18.1. The number of anilines is 4. The van der Waals surface area contributed by atoms with E-state index < -0.39 is 0 Å². The second-order valence-electron chi connectivity index (χ2n) is 9.01. The van der Waals surface area contributed by atoms with Gasteiger partial charge in [-0.15, -0.1) is 0 Å². The molecule has 0 heterocycles. The molecule has 0 bridgehead atoms. The lowest BCUT2D eigenvalue weighted by Crippen LogP contribution is -1.97. The van der Waals surface area contributed by atoms with Crippen molar-refractivity contribution in [3.63, 3.8) is 0 Å². The van der Waals surface area contributed by atoms with Crippen molar-refractivity contribution in [1.82, 2.24) is 0 Å². The van der Waals surface area contributed by atoms with E-state index in [2.05, 4.69) is 0 Å². The summed E-state index contributed by atoms with van der Waals surface area (Å²) in [6.45, 7) is 0. The molecular formula is C30H26N4O4. The topological polar surface area (TPSA) is 185 Å². The number of phenols is 4. The van der Waals surface area contributed by atoms with Gasteiger partial charge < -0.3 is 43.4 Å². The molecule has 38 heavy (non-hydrogen) atoms. The molecule has 0 aromatic heterocycles. The summed E-state index contributed by atoms with van der Waals surface area (Å²) in [5, 5.41) is 40.3. The van der Waals surface area contributed by atoms with Crippen molar-refractivity contribution in [2.45, 2.75) is 0 Å². The molecule has 0 saturated heterocycles. The second-order valence-corrected chi connectivity index (χ2v) is 9.01. The van der Waals surface area contributed by atoms with E-state index in [4.69, 9.17) is 22.9 Å². The van der Waals surface area contributed by atoms with Gasteiger partial charge in [0.05, 0.1) is 22.7 Å². The molecule has 8 heteroatoms. The first kappa shape index (κ1) is 24.2. The molecule has 0 atom stereocenters. The Bertz CT molecular complexity index is 1590. The van der Waals surface area contributed by atoms with E-state index in [0.717, 1.165) is 33.4 Å². The Morgan fingerprint density at radius 1 is 0.342 bits per heavy atom. The van der Waals surface area contributed by atoms with E-state index in [1.807, 2.05) is 12.1 Å². The molecule has 0 unspecified atom stereocenters. The van der Waals surface area contributed by atoms with Crippen molar-refractivity contribution in [3.05, 3.63) is 84.9 Å². The zero-order chi connectivity index (χ0) is 27.1. The number of hydrogen-bond donors (Lipinski definition) is 8. The van der Waals surface area contributed by atoms with E-state index in [0.29, 0.717) is 11.1 Å². The van der Waals surface area contributed by atoms with Gasteiger partial charge in [0.2, 0.25) is 0 Å². The van der Waals surface area contributed by atoms with E-state index >= 15 is 0 Å². The third-order valence-electron chi connectivity index (χ3n) is 6.51. The molecule has 5 aromatic carbocycles. The van der Waals surface area contributed by atoms with Gasteiger partial charge in [-0.2, -0.15) is 0 Å². The number of phenolic OH excluding ortho intramolecular Hbond substituents is 4. The Morgan fingerprint density at radius 3 is 0.895 bits per heavy atom. The highest BCUT2D eigenvalue weighted by molar-refractivity contribution is 6.03. The lowest BCUT2D eigenvalue weighted by molar-refractivity contribution is 0.477. The van der Waals surface area contributed by atoms with Gasteiger partial charge in [0.15, 0.2) is 0 Å². The predicted octanol–water partition coefficient (Wildman–Crippen LogP) is 5.51. The summed E-state index contributed by atoms with van der Waals surface area (Å²) in [5.41, 5.74) is 30.9. The maximum Gasteiger partial charge on any atom is 0.138 e. The summed E-state index contributed by atoms with van der Waals surface area (Å²) >= 11 is 0. The lowest BCUT2D eigenvalue weighted by Gasteiger charge is -2.22. The molecule has 5 rings (SSSR count). The first-order valence-corrected chi connectivity index (χ1v) is 11.7. The van der Waals surface area contributed by atoms with Crippen LogP contribution in [0.15, 0.2) is 84.9 Å². The highest BCUT2D eigenvalue weighted by atomic mass is 16.3. The number of benzene rings is 5. The fraction of sp³-hybridized carbons (Fsp3) is 0. The minimum atomic E-state index is -0.0536. The lowest BCUT2D eigenvalue weighted by atomic mass is 9.82. The van der Waals surface area contributed by atoms with Gasteiger partial charge in [0.25, 0.3) is 0 Å². The highest BCUT2D eigenvalue weighted by Gasteiger charge is 2.21. The van der Waals surface area contributed by atoms with Crippen LogP contribution in [0, 0.1) is 0 Å². The van der Waals surface area contributed by atoms with Crippen molar-refractivity contribution in [2.24, 2.45) is 0 Å². The Balaban J connectivity index is 1.94. The Hall–Kier alpha value is -5.50. The Kier molecular flexibility index (Phi) is 5.85. The van der Waals surface area contributed by atoms with Crippen molar-refractivity contribution < 1.29 is 20.4 Å². The van der Waals surface area contributed by atoms with Crippen molar-refractivity contribution >= 4 is 22.7 Å². The van der Waals surface area contributed by atoms with E-state index in [1.165, 1.54) is 24.3 Å².